The van der Waals surface area contributed by atoms with Crippen molar-refractivity contribution in [1.29, 1.82) is 0 Å². The lowest BCUT2D eigenvalue weighted by atomic mass is 10.00. The summed E-state index contributed by atoms with van der Waals surface area (Å²) < 4.78 is 34.2. The Balaban J connectivity index is 1.55. The third kappa shape index (κ3) is 4.12. The van der Waals surface area contributed by atoms with Crippen molar-refractivity contribution in [2.45, 2.75) is 18.9 Å². The molecule has 2 aliphatic rings. The summed E-state index contributed by atoms with van der Waals surface area (Å²) >= 11 is 0. The third-order valence-corrected chi connectivity index (χ3v) is 5.04. The van der Waals surface area contributed by atoms with Crippen LogP contribution in [-0.4, -0.2) is 51.4 Å². The summed E-state index contributed by atoms with van der Waals surface area (Å²) in [6.07, 6.45) is 1.88. The number of nitrogens with zero attached hydrogens (tertiary/aromatic N) is 1. The number of piperidine rings is 1. The van der Waals surface area contributed by atoms with Crippen LogP contribution in [0.5, 0.6) is 11.5 Å². The van der Waals surface area contributed by atoms with Crippen LogP contribution in [-0.2, 0) is 10.0 Å². The number of sulfonamides is 1. The Labute approximate surface area is 131 Å². The number of likely N-dealkylation sites (tertiary alicyclic amines) is 1. The van der Waals surface area contributed by atoms with Crippen LogP contribution >= 0.6 is 0 Å². The molecular formula is C15H22N2O4S. The van der Waals surface area contributed by atoms with E-state index in [1.165, 1.54) is 0 Å². The fourth-order valence-electron chi connectivity index (χ4n) is 3.22. The number of para-hydroxylation sites is 2. The molecule has 2 aliphatic heterocycles. The first kappa shape index (κ1) is 15.6. The number of ether oxygens (including phenoxy) is 2. The predicted octanol–water partition coefficient (Wildman–Crippen LogP) is 0.827. The Hall–Kier alpha value is -1.31. The number of rotatable bonds is 4. The number of nitrogens with two attached hydrogens (primary N) is 1. The lowest BCUT2D eigenvalue weighted by Crippen LogP contribution is -2.46. The molecule has 122 valence electrons. The van der Waals surface area contributed by atoms with E-state index in [0.29, 0.717) is 6.61 Å². The van der Waals surface area contributed by atoms with E-state index in [9.17, 15) is 8.42 Å². The van der Waals surface area contributed by atoms with Gasteiger partial charge in [-0.25, -0.2) is 13.6 Å². The van der Waals surface area contributed by atoms with Gasteiger partial charge in [0.05, 0.1) is 5.75 Å². The maximum atomic E-state index is 11.2. The second kappa shape index (κ2) is 6.44. The molecule has 0 aromatic heterocycles. The molecule has 22 heavy (non-hydrogen) atoms. The maximum Gasteiger partial charge on any atom is 0.209 e. The van der Waals surface area contributed by atoms with E-state index in [0.717, 1.165) is 44.0 Å². The van der Waals surface area contributed by atoms with Gasteiger partial charge in [-0.3, -0.25) is 4.90 Å². The summed E-state index contributed by atoms with van der Waals surface area (Å²) in [5.74, 6) is 1.73. The van der Waals surface area contributed by atoms with Crippen LogP contribution in [0.15, 0.2) is 24.3 Å². The van der Waals surface area contributed by atoms with Crippen molar-refractivity contribution in [3.63, 3.8) is 0 Å². The Kier molecular flexibility index (Phi) is 4.56. The Morgan fingerprint density at radius 2 is 2.05 bits per heavy atom. The average Bonchev–Trinajstić information content (AvgIpc) is 2.46. The second-order valence-electron chi connectivity index (χ2n) is 6.09. The van der Waals surface area contributed by atoms with E-state index in [1.807, 2.05) is 24.3 Å². The molecule has 3 rings (SSSR count). The monoisotopic (exact) mass is 326 g/mol. The van der Waals surface area contributed by atoms with Crippen LogP contribution in [0.3, 0.4) is 0 Å². The van der Waals surface area contributed by atoms with E-state index >= 15 is 0 Å². The number of hydrogen-bond donors (Lipinski definition) is 1. The van der Waals surface area contributed by atoms with E-state index in [4.69, 9.17) is 14.6 Å². The molecule has 0 saturated carbocycles. The van der Waals surface area contributed by atoms with Gasteiger partial charge in [0.2, 0.25) is 10.0 Å². The van der Waals surface area contributed by atoms with E-state index in [2.05, 4.69) is 4.90 Å². The second-order valence-corrected chi connectivity index (χ2v) is 7.75. The summed E-state index contributed by atoms with van der Waals surface area (Å²) in [5, 5.41) is 5.16. The lowest BCUT2D eigenvalue weighted by Gasteiger charge is -2.36. The highest BCUT2D eigenvalue weighted by atomic mass is 32.2. The van der Waals surface area contributed by atoms with Crippen molar-refractivity contribution in [3.05, 3.63) is 24.3 Å². The van der Waals surface area contributed by atoms with Gasteiger partial charge in [0.25, 0.3) is 0 Å². The van der Waals surface area contributed by atoms with Crippen molar-refractivity contribution in [2.75, 3.05) is 32.0 Å². The first-order valence-electron chi connectivity index (χ1n) is 7.61. The molecule has 1 fully saturated rings. The summed E-state index contributed by atoms with van der Waals surface area (Å²) in [7, 11) is -3.40. The molecule has 2 atom stereocenters. The van der Waals surface area contributed by atoms with Gasteiger partial charge in [-0.15, -0.1) is 0 Å². The molecule has 1 aromatic rings. The smallest absolute Gasteiger partial charge is 0.209 e. The van der Waals surface area contributed by atoms with Gasteiger partial charge in [-0.1, -0.05) is 12.1 Å². The third-order valence-electron chi connectivity index (χ3n) is 4.10. The van der Waals surface area contributed by atoms with Gasteiger partial charge in [-0.2, -0.15) is 0 Å². The zero-order chi connectivity index (χ0) is 15.6. The summed E-state index contributed by atoms with van der Waals surface area (Å²) in [5.41, 5.74) is 0. The minimum absolute atomic E-state index is 0.0249. The fraction of sp³-hybridized carbons (Fsp3) is 0.600. The first-order chi connectivity index (χ1) is 10.5. The minimum Gasteiger partial charge on any atom is -0.486 e. The first-order valence-corrected chi connectivity index (χ1v) is 9.32. The largest absolute Gasteiger partial charge is 0.486 e. The highest BCUT2D eigenvalue weighted by Gasteiger charge is 2.28. The van der Waals surface area contributed by atoms with Crippen molar-refractivity contribution in [3.8, 4) is 11.5 Å². The highest BCUT2D eigenvalue weighted by Crippen LogP contribution is 2.31. The van der Waals surface area contributed by atoms with Crippen LogP contribution in [0.2, 0.25) is 0 Å². The number of fused-ring (bicyclic) bond motifs is 1. The molecule has 0 radical (unpaired) electrons. The molecule has 7 heteroatoms. The molecule has 0 amide bonds. The van der Waals surface area contributed by atoms with Crippen LogP contribution in [0.1, 0.15) is 12.8 Å². The van der Waals surface area contributed by atoms with Gasteiger partial charge in [-0.05, 0) is 37.4 Å². The van der Waals surface area contributed by atoms with Gasteiger partial charge in [0.15, 0.2) is 11.5 Å². The maximum absolute atomic E-state index is 11.2. The SMILES string of the molecule is NS(=O)(=O)C[C@H]1CCCN(C[C@H]2COc3ccccc3O2)C1. The van der Waals surface area contributed by atoms with Crippen molar-refractivity contribution < 1.29 is 17.9 Å². The van der Waals surface area contributed by atoms with Crippen molar-refractivity contribution in [1.82, 2.24) is 4.90 Å². The molecule has 2 heterocycles. The van der Waals surface area contributed by atoms with Gasteiger partial charge < -0.3 is 9.47 Å². The van der Waals surface area contributed by atoms with E-state index < -0.39 is 10.0 Å². The molecule has 1 aromatic carbocycles. The normalized spacial score (nSPS) is 25.9. The number of primary sulfonamides is 1. The molecule has 0 bridgehead atoms. The minimum atomic E-state index is -3.40. The van der Waals surface area contributed by atoms with Crippen LogP contribution in [0.4, 0.5) is 0 Å². The summed E-state index contributed by atoms with van der Waals surface area (Å²) in [6, 6.07) is 7.65. The molecule has 0 unspecified atom stereocenters. The standard InChI is InChI=1S/C15H22N2O4S/c16-22(18,19)11-12-4-3-7-17(8-12)9-13-10-20-14-5-1-2-6-15(14)21-13/h1-2,5-6,12-13H,3-4,7-11H2,(H2,16,18,19)/t12-,13-/m0/s1. The average molecular weight is 326 g/mol. The molecule has 0 aliphatic carbocycles. The van der Waals surface area contributed by atoms with Crippen molar-refractivity contribution in [2.24, 2.45) is 11.1 Å². The quantitative estimate of drug-likeness (QED) is 0.886. The predicted molar refractivity (Wildman–Crippen MR) is 83.5 cm³/mol. The summed E-state index contributed by atoms with van der Waals surface area (Å²) in [6.45, 7) is 2.98. The number of hydrogen-bond acceptors (Lipinski definition) is 5. The van der Waals surface area contributed by atoms with E-state index in [1.54, 1.807) is 0 Å². The fourth-order valence-corrected chi connectivity index (χ4v) is 4.15. The molecule has 0 spiro atoms. The van der Waals surface area contributed by atoms with Crippen molar-refractivity contribution >= 4 is 10.0 Å². The highest BCUT2D eigenvalue weighted by molar-refractivity contribution is 7.89. The van der Waals surface area contributed by atoms with Gasteiger partial charge in [0, 0.05) is 13.1 Å². The zero-order valence-electron chi connectivity index (χ0n) is 12.5. The molecule has 6 nitrogen and oxygen atoms in total. The van der Waals surface area contributed by atoms with Crippen LogP contribution in [0, 0.1) is 5.92 Å². The topological polar surface area (TPSA) is 81.9 Å². The zero-order valence-corrected chi connectivity index (χ0v) is 13.3. The van der Waals surface area contributed by atoms with E-state index in [-0.39, 0.29) is 17.8 Å². The van der Waals surface area contributed by atoms with Gasteiger partial charge >= 0.3 is 0 Å². The molecular weight excluding hydrogens is 304 g/mol. The van der Waals surface area contributed by atoms with Gasteiger partial charge in [0.1, 0.15) is 12.7 Å². The van der Waals surface area contributed by atoms with Crippen LogP contribution < -0.4 is 14.6 Å². The Morgan fingerprint density at radius 1 is 1.27 bits per heavy atom. The number of benzene rings is 1. The summed E-state index contributed by atoms with van der Waals surface area (Å²) in [4.78, 5) is 2.25. The molecule has 1 saturated heterocycles. The molecule has 2 N–H and O–H groups in total. The van der Waals surface area contributed by atoms with Crippen LogP contribution in [0.25, 0.3) is 0 Å². The Morgan fingerprint density at radius 3 is 2.82 bits per heavy atom. The lowest BCUT2D eigenvalue weighted by molar-refractivity contribution is 0.0468. The Bertz CT molecular complexity index is 620.